The molecule has 0 aromatic rings. The second kappa shape index (κ2) is 5.83. The molecule has 1 aliphatic rings. The molecule has 0 radical (unpaired) electrons. The van der Waals surface area contributed by atoms with Gasteiger partial charge in [0, 0.05) is 5.92 Å². The van der Waals surface area contributed by atoms with E-state index in [0.29, 0.717) is 12.3 Å². The lowest BCUT2D eigenvalue weighted by Gasteiger charge is -2.30. The second-order valence-corrected chi connectivity index (χ2v) is 5.90. The lowest BCUT2D eigenvalue weighted by Crippen LogP contribution is -2.32. The lowest BCUT2D eigenvalue weighted by molar-refractivity contribution is 0.0178. The van der Waals surface area contributed by atoms with E-state index < -0.39 is 11.7 Å². The molecular weight excluding hydrogens is 212 g/mol. The summed E-state index contributed by atoms with van der Waals surface area (Å²) in [5, 5.41) is 20.2. The van der Waals surface area contributed by atoms with Gasteiger partial charge >= 0.3 is 0 Å². The standard InChI is InChI=1S/C15H26O2/c1-11-6-5-7-12(2)14(16)10-13(9-8-11)15(3,4)17/h7-9,11,13-14,16-17H,5-6,10H2,1-4H3/t11-,13-,14-/m0/s1. The van der Waals surface area contributed by atoms with Crippen LogP contribution in [0.1, 0.15) is 47.0 Å². The van der Waals surface area contributed by atoms with Crippen LogP contribution in [0.25, 0.3) is 0 Å². The molecule has 0 fully saturated rings. The summed E-state index contributed by atoms with van der Waals surface area (Å²) in [4.78, 5) is 0. The molecule has 0 aromatic heterocycles. The van der Waals surface area contributed by atoms with E-state index in [9.17, 15) is 10.2 Å². The first kappa shape index (κ1) is 14.5. The van der Waals surface area contributed by atoms with Gasteiger partial charge in [-0.2, -0.15) is 0 Å². The molecule has 2 heteroatoms. The Balaban J connectivity index is 2.89. The first-order valence-electron chi connectivity index (χ1n) is 6.56. The van der Waals surface area contributed by atoms with Crippen LogP contribution in [0.2, 0.25) is 0 Å². The minimum Gasteiger partial charge on any atom is -0.390 e. The van der Waals surface area contributed by atoms with Crippen LogP contribution in [-0.2, 0) is 0 Å². The fourth-order valence-corrected chi connectivity index (χ4v) is 2.16. The maximum atomic E-state index is 10.1. The lowest BCUT2D eigenvalue weighted by atomic mass is 9.83. The monoisotopic (exact) mass is 238 g/mol. The summed E-state index contributed by atoms with van der Waals surface area (Å²) in [5.41, 5.74) is 0.248. The van der Waals surface area contributed by atoms with Crippen molar-refractivity contribution in [3.05, 3.63) is 23.8 Å². The third kappa shape index (κ3) is 4.64. The molecule has 0 heterocycles. The van der Waals surface area contributed by atoms with Crippen molar-refractivity contribution in [3.63, 3.8) is 0 Å². The number of rotatable bonds is 1. The van der Waals surface area contributed by atoms with Crippen molar-refractivity contribution in [2.24, 2.45) is 11.8 Å². The second-order valence-electron chi connectivity index (χ2n) is 5.90. The topological polar surface area (TPSA) is 40.5 Å². The predicted octanol–water partition coefficient (Wildman–Crippen LogP) is 3.06. The van der Waals surface area contributed by atoms with E-state index in [1.54, 1.807) is 0 Å². The fraction of sp³-hybridized carbons (Fsp3) is 0.733. The zero-order chi connectivity index (χ0) is 13.1. The van der Waals surface area contributed by atoms with Crippen LogP contribution in [0, 0.1) is 11.8 Å². The van der Waals surface area contributed by atoms with E-state index in [0.717, 1.165) is 18.4 Å². The minimum absolute atomic E-state index is 0.00130. The molecule has 0 spiro atoms. The number of hydrogen-bond acceptors (Lipinski definition) is 2. The van der Waals surface area contributed by atoms with Crippen molar-refractivity contribution >= 4 is 0 Å². The Morgan fingerprint density at radius 1 is 1.29 bits per heavy atom. The first-order chi connectivity index (χ1) is 7.80. The molecule has 0 aromatic carbocycles. The van der Waals surface area contributed by atoms with E-state index in [2.05, 4.69) is 25.2 Å². The third-order valence-corrected chi connectivity index (χ3v) is 3.67. The molecule has 98 valence electrons. The van der Waals surface area contributed by atoms with Crippen molar-refractivity contribution in [1.29, 1.82) is 0 Å². The van der Waals surface area contributed by atoms with Crippen molar-refractivity contribution in [3.8, 4) is 0 Å². The van der Waals surface area contributed by atoms with Gasteiger partial charge in [-0.25, -0.2) is 0 Å². The molecule has 3 atom stereocenters. The molecule has 0 aliphatic heterocycles. The fourth-order valence-electron chi connectivity index (χ4n) is 2.16. The minimum atomic E-state index is -0.781. The molecule has 1 rings (SSSR count). The van der Waals surface area contributed by atoms with Crippen LogP contribution in [-0.4, -0.2) is 21.9 Å². The van der Waals surface area contributed by atoms with Gasteiger partial charge < -0.3 is 10.2 Å². The van der Waals surface area contributed by atoms with Gasteiger partial charge in [-0.15, -0.1) is 0 Å². The van der Waals surface area contributed by atoms with E-state index in [4.69, 9.17) is 0 Å². The zero-order valence-corrected chi connectivity index (χ0v) is 11.5. The third-order valence-electron chi connectivity index (χ3n) is 3.67. The van der Waals surface area contributed by atoms with Crippen molar-refractivity contribution in [1.82, 2.24) is 0 Å². The number of aliphatic hydroxyl groups is 2. The Hall–Kier alpha value is -0.600. The highest BCUT2D eigenvalue weighted by molar-refractivity contribution is 5.09. The average Bonchev–Trinajstić information content (AvgIpc) is 2.21. The summed E-state index contributed by atoms with van der Waals surface area (Å²) in [7, 11) is 0. The molecule has 2 N–H and O–H groups in total. The van der Waals surface area contributed by atoms with Gasteiger partial charge in [0.15, 0.2) is 0 Å². The van der Waals surface area contributed by atoms with Crippen molar-refractivity contribution in [2.45, 2.75) is 58.7 Å². The molecule has 0 saturated heterocycles. The molecule has 0 unspecified atom stereocenters. The zero-order valence-electron chi connectivity index (χ0n) is 11.5. The Kier molecular flexibility index (Phi) is 4.96. The maximum Gasteiger partial charge on any atom is 0.0754 e. The number of allylic oxidation sites excluding steroid dienone is 2. The first-order valence-corrected chi connectivity index (χ1v) is 6.56. The summed E-state index contributed by atoms with van der Waals surface area (Å²) in [6.45, 7) is 7.79. The summed E-state index contributed by atoms with van der Waals surface area (Å²) in [5.74, 6) is 0.528. The van der Waals surface area contributed by atoms with Gasteiger partial charge in [-0.3, -0.25) is 0 Å². The summed E-state index contributed by atoms with van der Waals surface area (Å²) in [6.07, 6.45) is 8.64. The molecule has 17 heavy (non-hydrogen) atoms. The van der Waals surface area contributed by atoms with Crippen molar-refractivity contribution < 1.29 is 10.2 Å². The van der Waals surface area contributed by atoms with E-state index >= 15 is 0 Å². The molecule has 0 amide bonds. The molecular formula is C15H26O2. The Labute approximate surface area is 105 Å². The highest BCUT2D eigenvalue weighted by Crippen LogP contribution is 2.27. The van der Waals surface area contributed by atoms with E-state index in [1.807, 2.05) is 20.8 Å². The summed E-state index contributed by atoms with van der Waals surface area (Å²) >= 11 is 0. The van der Waals surface area contributed by atoms with Gasteiger partial charge in [-0.05, 0) is 51.5 Å². The van der Waals surface area contributed by atoms with Crippen LogP contribution in [0.3, 0.4) is 0 Å². The predicted molar refractivity (Wildman–Crippen MR) is 71.7 cm³/mol. The molecule has 2 nitrogen and oxygen atoms in total. The molecule has 1 aliphatic carbocycles. The van der Waals surface area contributed by atoms with Gasteiger partial charge in [0.1, 0.15) is 0 Å². The normalized spacial score (nSPS) is 32.1. The van der Waals surface area contributed by atoms with Crippen LogP contribution >= 0.6 is 0 Å². The Morgan fingerprint density at radius 3 is 2.53 bits per heavy atom. The summed E-state index contributed by atoms with van der Waals surface area (Å²) in [6, 6.07) is 0. The van der Waals surface area contributed by atoms with Crippen LogP contribution in [0.4, 0.5) is 0 Å². The Morgan fingerprint density at radius 2 is 1.94 bits per heavy atom. The SMILES string of the molecule is CC1=CCC[C@H](C)C=C[C@H](C(C)(C)O)C[C@@H]1O. The van der Waals surface area contributed by atoms with E-state index in [1.165, 1.54) is 0 Å². The van der Waals surface area contributed by atoms with Gasteiger partial charge in [0.2, 0.25) is 0 Å². The molecule has 0 bridgehead atoms. The van der Waals surface area contributed by atoms with E-state index in [-0.39, 0.29) is 5.92 Å². The van der Waals surface area contributed by atoms with Crippen LogP contribution in [0.15, 0.2) is 23.8 Å². The number of aliphatic hydroxyl groups excluding tert-OH is 1. The highest BCUT2D eigenvalue weighted by Gasteiger charge is 2.27. The van der Waals surface area contributed by atoms with Crippen LogP contribution < -0.4 is 0 Å². The highest BCUT2D eigenvalue weighted by atomic mass is 16.3. The van der Waals surface area contributed by atoms with Gasteiger partial charge in [0.05, 0.1) is 11.7 Å². The van der Waals surface area contributed by atoms with Gasteiger partial charge in [0.25, 0.3) is 0 Å². The molecule has 0 saturated carbocycles. The smallest absolute Gasteiger partial charge is 0.0754 e. The largest absolute Gasteiger partial charge is 0.390 e. The van der Waals surface area contributed by atoms with Crippen LogP contribution in [0.5, 0.6) is 0 Å². The average molecular weight is 238 g/mol. The van der Waals surface area contributed by atoms with Crippen molar-refractivity contribution in [2.75, 3.05) is 0 Å². The quantitative estimate of drug-likeness (QED) is 0.689. The maximum absolute atomic E-state index is 10.1. The number of hydrogen-bond donors (Lipinski definition) is 2. The van der Waals surface area contributed by atoms with Gasteiger partial charge in [-0.1, -0.05) is 25.2 Å². The Bertz CT molecular complexity index is 297. The summed E-state index contributed by atoms with van der Waals surface area (Å²) < 4.78 is 0.